The van der Waals surface area contributed by atoms with Gasteiger partial charge in [-0.05, 0) is 38.0 Å². The van der Waals surface area contributed by atoms with Crippen LogP contribution in [0, 0.1) is 5.92 Å². The van der Waals surface area contributed by atoms with E-state index in [-0.39, 0.29) is 5.25 Å². The van der Waals surface area contributed by atoms with E-state index in [1.807, 2.05) is 0 Å². The molecule has 4 heteroatoms. The summed E-state index contributed by atoms with van der Waals surface area (Å²) in [6.45, 7) is 0.792. The molecule has 0 amide bonds. The van der Waals surface area contributed by atoms with E-state index < -0.39 is 10.0 Å². The fourth-order valence-corrected chi connectivity index (χ4v) is 4.58. The van der Waals surface area contributed by atoms with Crippen molar-refractivity contribution in [3.05, 3.63) is 0 Å². The van der Waals surface area contributed by atoms with Crippen molar-refractivity contribution in [2.24, 2.45) is 5.92 Å². The van der Waals surface area contributed by atoms with Crippen molar-refractivity contribution in [3.8, 4) is 0 Å². The average Bonchev–Trinajstić information content (AvgIpc) is 2.96. The molecule has 0 bridgehead atoms. The third kappa shape index (κ3) is 1.22. The molecule has 0 spiro atoms. The molecule has 2 atom stereocenters. The standard InChI is InChI=1S/C9H15NO2S/c11-13(12,8-3-4-8)10-5-1-2-7-6-9(7)10/h7-9H,1-6H2. The quantitative estimate of drug-likeness (QED) is 0.667. The first-order valence-corrected chi connectivity index (χ1v) is 6.70. The summed E-state index contributed by atoms with van der Waals surface area (Å²) in [5.74, 6) is 0.710. The Morgan fingerprint density at radius 1 is 1.15 bits per heavy atom. The first kappa shape index (κ1) is 8.24. The number of hydrogen-bond acceptors (Lipinski definition) is 2. The van der Waals surface area contributed by atoms with Gasteiger partial charge in [0.05, 0.1) is 5.25 Å². The highest BCUT2D eigenvalue weighted by Crippen LogP contribution is 2.46. The minimum Gasteiger partial charge on any atom is -0.212 e. The van der Waals surface area contributed by atoms with Gasteiger partial charge in [-0.3, -0.25) is 0 Å². The van der Waals surface area contributed by atoms with Crippen molar-refractivity contribution in [1.82, 2.24) is 4.31 Å². The van der Waals surface area contributed by atoms with E-state index in [2.05, 4.69) is 0 Å². The molecule has 2 unspecified atom stereocenters. The van der Waals surface area contributed by atoms with Crippen LogP contribution in [-0.4, -0.2) is 30.6 Å². The summed E-state index contributed by atoms with van der Waals surface area (Å²) in [7, 11) is -2.86. The molecule has 1 heterocycles. The van der Waals surface area contributed by atoms with Gasteiger partial charge in [-0.15, -0.1) is 0 Å². The second kappa shape index (κ2) is 2.48. The molecule has 13 heavy (non-hydrogen) atoms. The van der Waals surface area contributed by atoms with Crippen molar-refractivity contribution in [1.29, 1.82) is 0 Å². The van der Waals surface area contributed by atoms with Gasteiger partial charge in [-0.1, -0.05) is 0 Å². The lowest BCUT2D eigenvalue weighted by Crippen LogP contribution is -2.39. The van der Waals surface area contributed by atoms with Crippen LogP contribution in [0.25, 0.3) is 0 Å². The fourth-order valence-electron chi connectivity index (χ4n) is 2.44. The summed E-state index contributed by atoms with van der Waals surface area (Å²) in [5.41, 5.74) is 0. The third-order valence-corrected chi connectivity index (χ3v) is 5.90. The van der Waals surface area contributed by atoms with Crippen molar-refractivity contribution in [2.45, 2.75) is 43.4 Å². The maximum absolute atomic E-state index is 11.9. The van der Waals surface area contributed by atoms with E-state index in [1.165, 1.54) is 6.42 Å². The van der Waals surface area contributed by atoms with Gasteiger partial charge in [0.1, 0.15) is 0 Å². The van der Waals surface area contributed by atoms with E-state index in [9.17, 15) is 8.42 Å². The lowest BCUT2D eigenvalue weighted by molar-refractivity contribution is 0.334. The maximum atomic E-state index is 11.9. The van der Waals surface area contributed by atoms with Crippen molar-refractivity contribution < 1.29 is 8.42 Å². The largest absolute Gasteiger partial charge is 0.217 e. The van der Waals surface area contributed by atoms with Crippen molar-refractivity contribution in [3.63, 3.8) is 0 Å². The Kier molecular flexibility index (Phi) is 1.57. The van der Waals surface area contributed by atoms with Gasteiger partial charge in [0.25, 0.3) is 0 Å². The van der Waals surface area contributed by atoms with Crippen LogP contribution in [0.1, 0.15) is 32.1 Å². The summed E-state index contributed by atoms with van der Waals surface area (Å²) in [4.78, 5) is 0. The zero-order chi connectivity index (χ0) is 9.05. The number of piperidine rings is 1. The van der Waals surface area contributed by atoms with E-state index in [0.717, 1.165) is 32.2 Å². The van der Waals surface area contributed by atoms with Crippen LogP contribution in [0.3, 0.4) is 0 Å². The van der Waals surface area contributed by atoms with Gasteiger partial charge >= 0.3 is 0 Å². The highest BCUT2D eigenvalue weighted by molar-refractivity contribution is 7.90. The molecule has 0 N–H and O–H groups in total. The summed E-state index contributed by atoms with van der Waals surface area (Å²) >= 11 is 0. The third-order valence-electron chi connectivity index (χ3n) is 3.48. The van der Waals surface area contributed by atoms with E-state index >= 15 is 0 Å². The Labute approximate surface area is 79.2 Å². The number of nitrogens with zero attached hydrogens (tertiary/aromatic N) is 1. The van der Waals surface area contributed by atoms with Crippen LogP contribution < -0.4 is 0 Å². The fraction of sp³-hybridized carbons (Fsp3) is 1.00. The van der Waals surface area contributed by atoms with Gasteiger partial charge in [0.15, 0.2) is 0 Å². The SMILES string of the molecule is O=S(=O)(C1CC1)N1CCCC2CC21. The molecular weight excluding hydrogens is 186 g/mol. The van der Waals surface area contributed by atoms with E-state index in [0.29, 0.717) is 12.0 Å². The molecule has 0 aromatic carbocycles. The van der Waals surface area contributed by atoms with Crippen LogP contribution in [0.5, 0.6) is 0 Å². The molecule has 3 rings (SSSR count). The summed E-state index contributed by atoms with van der Waals surface area (Å²) in [6.07, 6.45) is 5.26. The molecule has 1 aliphatic heterocycles. The Hall–Kier alpha value is -0.0900. The number of sulfonamides is 1. The minimum absolute atomic E-state index is 0.00755. The monoisotopic (exact) mass is 201 g/mol. The van der Waals surface area contributed by atoms with E-state index in [1.54, 1.807) is 4.31 Å². The van der Waals surface area contributed by atoms with Crippen LogP contribution in [0.15, 0.2) is 0 Å². The predicted octanol–water partition coefficient (Wildman–Crippen LogP) is 0.963. The normalized spacial score (nSPS) is 40.0. The Morgan fingerprint density at radius 3 is 2.62 bits per heavy atom. The number of fused-ring (bicyclic) bond motifs is 1. The second-order valence-corrected chi connectivity index (χ2v) is 6.73. The zero-order valence-corrected chi connectivity index (χ0v) is 8.46. The predicted molar refractivity (Wildman–Crippen MR) is 49.8 cm³/mol. The number of rotatable bonds is 2. The van der Waals surface area contributed by atoms with Crippen LogP contribution >= 0.6 is 0 Å². The Morgan fingerprint density at radius 2 is 1.92 bits per heavy atom. The first-order chi connectivity index (χ1) is 6.19. The van der Waals surface area contributed by atoms with Crippen molar-refractivity contribution in [2.75, 3.05) is 6.54 Å². The zero-order valence-electron chi connectivity index (χ0n) is 7.65. The molecule has 3 fully saturated rings. The molecule has 3 aliphatic rings. The summed E-state index contributed by atoms with van der Waals surface area (Å²) in [6, 6.07) is 0.402. The molecule has 0 aromatic rings. The topological polar surface area (TPSA) is 37.4 Å². The molecular formula is C9H15NO2S. The smallest absolute Gasteiger partial charge is 0.212 e. The molecule has 3 nitrogen and oxygen atoms in total. The lowest BCUT2D eigenvalue weighted by atomic mass is 10.2. The maximum Gasteiger partial charge on any atom is 0.217 e. The van der Waals surface area contributed by atoms with Crippen molar-refractivity contribution >= 4 is 10.0 Å². The van der Waals surface area contributed by atoms with Crippen LogP contribution in [0.4, 0.5) is 0 Å². The second-order valence-electron chi connectivity index (χ2n) is 4.56. The Balaban J connectivity index is 1.83. The van der Waals surface area contributed by atoms with Gasteiger partial charge in [-0.2, -0.15) is 4.31 Å². The first-order valence-electron chi connectivity index (χ1n) is 5.20. The van der Waals surface area contributed by atoms with Gasteiger partial charge in [0.2, 0.25) is 10.0 Å². The summed E-state index contributed by atoms with van der Waals surface area (Å²) in [5, 5.41) is -0.00755. The molecule has 0 aromatic heterocycles. The average molecular weight is 201 g/mol. The number of hydrogen-bond donors (Lipinski definition) is 0. The molecule has 0 radical (unpaired) electrons. The molecule has 2 saturated carbocycles. The van der Waals surface area contributed by atoms with E-state index in [4.69, 9.17) is 0 Å². The Bertz CT molecular complexity index is 321. The van der Waals surface area contributed by atoms with Gasteiger partial charge < -0.3 is 0 Å². The molecule has 74 valence electrons. The molecule has 2 aliphatic carbocycles. The van der Waals surface area contributed by atoms with Gasteiger partial charge in [0, 0.05) is 12.6 Å². The highest BCUT2D eigenvalue weighted by Gasteiger charge is 2.52. The van der Waals surface area contributed by atoms with Crippen LogP contribution in [0.2, 0.25) is 0 Å². The summed E-state index contributed by atoms with van der Waals surface area (Å²) < 4.78 is 25.6. The minimum atomic E-state index is -2.86. The lowest BCUT2D eigenvalue weighted by Gasteiger charge is -2.25. The van der Waals surface area contributed by atoms with Crippen LogP contribution in [-0.2, 0) is 10.0 Å². The molecule has 1 saturated heterocycles. The van der Waals surface area contributed by atoms with Gasteiger partial charge in [-0.25, -0.2) is 8.42 Å². The highest BCUT2D eigenvalue weighted by atomic mass is 32.2.